The Morgan fingerprint density at radius 1 is 1.16 bits per heavy atom. The molecule has 1 aromatic rings. The fourth-order valence-corrected chi connectivity index (χ4v) is 4.21. The first-order valence-corrected chi connectivity index (χ1v) is 9.62. The molecule has 1 heterocycles. The van der Waals surface area contributed by atoms with Crippen molar-refractivity contribution in [3.8, 4) is 0 Å². The van der Waals surface area contributed by atoms with E-state index in [4.69, 9.17) is 17.3 Å². The summed E-state index contributed by atoms with van der Waals surface area (Å²) in [5, 5.41) is 0.436. The normalized spacial score (nSPS) is 25.1. The molecule has 1 saturated carbocycles. The lowest BCUT2D eigenvalue weighted by atomic mass is 9.80. The van der Waals surface area contributed by atoms with Crippen molar-refractivity contribution in [3.05, 3.63) is 29.0 Å². The SMILES string of the molecule is NC(=O)C1CCC(CCN2CCN(c3ccc(Cl)cc3F)CC2)CC1. The first-order valence-electron chi connectivity index (χ1n) is 9.24. The van der Waals surface area contributed by atoms with Crippen LogP contribution in [0.1, 0.15) is 32.1 Å². The molecule has 1 saturated heterocycles. The third-order valence-electron chi connectivity index (χ3n) is 5.73. The van der Waals surface area contributed by atoms with E-state index in [1.165, 1.54) is 12.5 Å². The van der Waals surface area contributed by atoms with Gasteiger partial charge in [0, 0.05) is 37.1 Å². The van der Waals surface area contributed by atoms with Gasteiger partial charge in [-0.2, -0.15) is 0 Å². The van der Waals surface area contributed by atoms with Crippen LogP contribution in [-0.4, -0.2) is 43.5 Å². The molecule has 0 atom stereocenters. The number of amides is 1. The number of primary amides is 1. The van der Waals surface area contributed by atoms with Crippen molar-refractivity contribution in [1.29, 1.82) is 0 Å². The predicted molar refractivity (Wildman–Crippen MR) is 99.3 cm³/mol. The Hall–Kier alpha value is -1.33. The quantitative estimate of drug-likeness (QED) is 0.868. The summed E-state index contributed by atoms with van der Waals surface area (Å²) in [6.45, 7) is 4.68. The molecule has 0 spiro atoms. The Morgan fingerprint density at radius 2 is 1.84 bits per heavy atom. The summed E-state index contributed by atoms with van der Waals surface area (Å²) in [5.74, 6) is 0.424. The largest absolute Gasteiger partial charge is 0.369 e. The van der Waals surface area contributed by atoms with E-state index in [0.29, 0.717) is 16.6 Å². The topological polar surface area (TPSA) is 49.6 Å². The lowest BCUT2D eigenvalue weighted by molar-refractivity contribution is -0.123. The minimum atomic E-state index is -0.243. The smallest absolute Gasteiger partial charge is 0.220 e. The number of hydrogen-bond acceptors (Lipinski definition) is 3. The van der Waals surface area contributed by atoms with E-state index in [1.807, 2.05) is 0 Å². The van der Waals surface area contributed by atoms with Crippen LogP contribution >= 0.6 is 11.6 Å². The second kappa shape index (κ2) is 8.37. The molecule has 1 aromatic carbocycles. The standard InChI is InChI=1S/C19H27ClFN3O/c20-16-5-6-18(17(21)13-16)24-11-9-23(10-12-24)8-7-14-1-3-15(4-2-14)19(22)25/h5-6,13-15H,1-4,7-12H2,(H2,22,25). The van der Waals surface area contributed by atoms with Gasteiger partial charge in [0.1, 0.15) is 5.82 Å². The number of carbonyl (C=O) groups excluding carboxylic acids is 1. The van der Waals surface area contributed by atoms with E-state index in [0.717, 1.165) is 58.4 Å². The van der Waals surface area contributed by atoms with Gasteiger partial charge in [0.2, 0.25) is 5.91 Å². The van der Waals surface area contributed by atoms with E-state index >= 15 is 0 Å². The fourth-order valence-electron chi connectivity index (χ4n) is 4.05. The maximum absolute atomic E-state index is 14.0. The summed E-state index contributed by atoms with van der Waals surface area (Å²) in [6.07, 6.45) is 5.31. The Bertz CT molecular complexity index is 596. The van der Waals surface area contributed by atoms with Gasteiger partial charge in [0.15, 0.2) is 0 Å². The van der Waals surface area contributed by atoms with Gasteiger partial charge in [-0.1, -0.05) is 11.6 Å². The average Bonchev–Trinajstić information content (AvgIpc) is 2.61. The summed E-state index contributed by atoms with van der Waals surface area (Å²) in [7, 11) is 0. The van der Waals surface area contributed by atoms with Crippen molar-refractivity contribution in [2.24, 2.45) is 17.6 Å². The van der Waals surface area contributed by atoms with Crippen LogP contribution in [0.25, 0.3) is 0 Å². The maximum Gasteiger partial charge on any atom is 0.220 e. The number of benzene rings is 1. The van der Waals surface area contributed by atoms with E-state index in [2.05, 4.69) is 9.80 Å². The van der Waals surface area contributed by atoms with Crippen molar-refractivity contribution in [3.63, 3.8) is 0 Å². The summed E-state index contributed by atoms with van der Waals surface area (Å²) >= 11 is 5.83. The van der Waals surface area contributed by atoms with Gasteiger partial charge in [-0.25, -0.2) is 4.39 Å². The molecular formula is C19H27ClFN3O. The van der Waals surface area contributed by atoms with Crippen LogP contribution in [0.4, 0.5) is 10.1 Å². The van der Waals surface area contributed by atoms with Crippen LogP contribution in [0.15, 0.2) is 18.2 Å². The fraction of sp³-hybridized carbons (Fsp3) is 0.632. The van der Waals surface area contributed by atoms with Crippen molar-refractivity contribution < 1.29 is 9.18 Å². The highest BCUT2D eigenvalue weighted by Crippen LogP contribution is 2.31. The number of nitrogens with two attached hydrogens (primary N) is 1. The number of nitrogens with zero attached hydrogens (tertiary/aromatic N) is 2. The molecule has 0 radical (unpaired) electrons. The van der Waals surface area contributed by atoms with Crippen molar-refractivity contribution >= 4 is 23.2 Å². The number of carbonyl (C=O) groups is 1. The molecule has 4 nitrogen and oxygen atoms in total. The average molecular weight is 368 g/mol. The first-order chi connectivity index (χ1) is 12.0. The van der Waals surface area contributed by atoms with E-state index in [1.54, 1.807) is 12.1 Å². The summed E-state index contributed by atoms with van der Waals surface area (Å²) in [6, 6.07) is 4.89. The van der Waals surface area contributed by atoms with Crippen LogP contribution in [0.2, 0.25) is 5.02 Å². The molecule has 3 rings (SSSR count). The monoisotopic (exact) mass is 367 g/mol. The highest BCUT2D eigenvalue weighted by Gasteiger charge is 2.25. The van der Waals surface area contributed by atoms with Crippen LogP contribution in [-0.2, 0) is 4.79 Å². The number of anilines is 1. The Labute approximate surface area is 154 Å². The lowest BCUT2D eigenvalue weighted by Crippen LogP contribution is -2.47. The lowest BCUT2D eigenvalue weighted by Gasteiger charge is -2.37. The van der Waals surface area contributed by atoms with E-state index in [-0.39, 0.29) is 17.6 Å². The summed E-state index contributed by atoms with van der Waals surface area (Å²) in [5.41, 5.74) is 6.04. The first kappa shape index (κ1) is 18.5. The third kappa shape index (κ3) is 4.85. The van der Waals surface area contributed by atoms with Gasteiger partial charge in [0.25, 0.3) is 0 Å². The molecule has 1 aliphatic heterocycles. The van der Waals surface area contributed by atoms with Crippen molar-refractivity contribution in [1.82, 2.24) is 4.90 Å². The second-order valence-electron chi connectivity index (χ2n) is 7.33. The van der Waals surface area contributed by atoms with E-state index in [9.17, 15) is 9.18 Å². The van der Waals surface area contributed by atoms with Crippen molar-refractivity contribution in [2.45, 2.75) is 32.1 Å². The second-order valence-corrected chi connectivity index (χ2v) is 7.77. The summed E-state index contributed by atoms with van der Waals surface area (Å²) < 4.78 is 14.0. The number of hydrogen-bond donors (Lipinski definition) is 1. The zero-order valence-electron chi connectivity index (χ0n) is 14.6. The number of piperazine rings is 1. The Balaban J connectivity index is 1.40. The molecule has 6 heteroatoms. The molecule has 2 fully saturated rings. The third-order valence-corrected chi connectivity index (χ3v) is 5.96. The minimum absolute atomic E-state index is 0.0917. The zero-order chi connectivity index (χ0) is 17.8. The number of halogens is 2. The van der Waals surface area contributed by atoms with Crippen molar-refractivity contribution in [2.75, 3.05) is 37.6 Å². The van der Waals surface area contributed by atoms with Gasteiger partial charge in [-0.15, -0.1) is 0 Å². The van der Waals surface area contributed by atoms with Crippen LogP contribution in [0, 0.1) is 17.7 Å². The van der Waals surface area contributed by atoms with Gasteiger partial charge in [-0.05, 0) is 62.8 Å². The Kier molecular flexibility index (Phi) is 6.18. The molecular weight excluding hydrogens is 341 g/mol. The maximum atomic E-state index is 14.0. The molecule has 0 unspecified atom stereocenters. The molecule has 1 amide bonds. The molecule has 0 bridgehead atoms. The molecule has 1 aliphatic carbocycles. The molecule has 2 aliphatic rings. The van der Waals surface area contributed by atoms with Crippen LogP contribution in [0.5, 0.6) is 0 Å². The zero-order valence-corrected chi connectivity index (χ0v) is 15.3. The molecule has 2 N–H and O–H groups in total. The van der Waals surface area contributed by atoms with Gasteiger partial charge >= 0.3 is 0 Å². The highest BCUT2D eigenvalue weighted by molar-refractivity contribution is 6.30. The van der Waals surface area contributed by atoms with E-state index < -0.39 is 0 Å². The van der Waals surface area contributed by atoms with Gasteiger partial charge < -0.3 is 10.6 Å². The predicted octanol–water partition coefficient (Wildman–Crippen LogP) is 3.28. The van der Waals surface area contributed by atoms with Crippen LogP contribution in [0.3, 0.4) is 0 Å². The molecule has 25 heavy (non-hydrogen) atoms. The molecule has 0 aromatic heterocycles. The minimum Gasteiger partial charge on any atom is -0.369 e. The highest BCUT2D eigenvalue weighted by atomic mass is 35.5. The van der Waals surface area contributed by atoms with Gasteiger partial charge in [0.05, 0.1) is 5.69 Å². The summed E-state index contributed by atoms with van der Waals surface area (Å²) in [4.78, 5) is 15.8. The van der Waals surface area contributed by atoms with Crippen LogP contribution < -0.4 is 10.6 Å². The number of rotatable bonds is 5. The Morgan fingerprint density at radius 3 is 2.44 bits per heavy atom. The van der Waals surface area contributed by atoms with Gasteiger partial charge in [-0.3, -0.25) is 9.69 Å². The molecule has 138 valence electrons.